The highest BCUT2D eigenvalue weighted by molar-refractivity contribution is 7.47. The summed E-state index contributed by atoms with van der Waals surface area (Å²) in [5.74, 6) is -1.61. The Labute approximate surface area is 652 Å². The first-order valence-corrected chi connectivity index (χ1v) is 45.5. The van der Waals surface area contributed by atoms with E-state index in [2.05, 4.69) is 154 Å². The van der Waals surface area contributed by atoms with Crippen LogP contribution in [0.25, 0.3) is 0 Å². The molecule has 0 aromatic carbocycles. The van der Waals surface area contributed by atoms with Crippen molar-refractivity contribution >= 4 is 33.6 Å². The lowest BCUT2D eigenvalue weighted by Gasteiger charge is -2.21. The van der Waals surface area contributed by atoms with E-state index in [9.17, 15) is 43.5 Å². The fourth-order valence-corrected chi connectivity index (χ4v) is 13.0. The van der Waals surface area contributed by atoms with E-state index in [0.717, 1.165) is 148 Å². The Morgan fingerprint density at radius 1 is 0.271 bits per heavy atom. The van der Waals surface area contributed by atoms with E-state index in [-0.39, 0.29) is 19.3 Å². The van der Waals surface area contributed by atoms with Crippen molar-refractivity contribution in [2.24, 2.45) is 0 Å². The predicted molar refractivity (Wildman–Crippen MR) is 445 cm³/mol. The molecule has 0 aromatic rings. The van der Waals surface area contributed by atoms with Crippen LogP contribution in [0, 0.1) is 0 Å². The number of hydrogen-bond acceptors (Lipinski definition) is 14. The molecule has 0 saturated heterocycles. The smallest absolute Gasteiger partial charge is 0.463 e. The number of allylic oxidation sites excluding steroid dienone is 22. The van der Waals surface area contributed by atoms with E-state index in [1.807, 2.05) is 0 Å². The summed E-state index contributed by atoms with van der Waals surface area (Å²) in [4.78, 5) is 58.7. The maximum atomic E-state index is 13.0. The number of carbonyl (C=O) groups excluding carboxylic acids is 3. The monoisotopic (exact) mass is 1540 g/mol. The van der Waals surface area contributed by atoms with Crippen LogP contribution in [0.1, 0.15) is 355 Å². The molecule has 0 bridgehead atoms. The molecule has 0 aliphatic heterocycles. The van der Waals surface area contributed by atoms with Gasteiger partial charge in [0, 0.05) is 19.3 Å². The van der Waals surface area contributed by atoms with Gasteiger partial charge in [0.2, 0.25) is 0 Å². The molecule has 0 amide bonds. The summed E-state index contributed by atoms with van der Waals surface area (Å²) < 4.78 is 61.2. The standard InChI is InChI=1S/C89H154O16P2/c1-4-7-10-13-16-19-22-25-28-31-33-34-35-36-37-38-39-40-41-42-43-44-45-46-47-48-50-53-54-57-60-63-66-69-72-75-87(92)99-78-84(90)79-101-106(95,96)102-80-85(91)81-103-107(97,98)104-83-86(105-89(94)77-74-71-68-65-62-59-56-51-30-27-24-21-18-15-12-9-6-3)82-100-88(93)76-73-70-67-64-61-58-55-52-49-32-29-26-23-20-17-14-11-8-5-2/h9,12,16-21,25-30,33-34,36-37,49,52,56,59,84-86,90-91H,4-8,10-11,13-15,22-24,31-32,35,38-48,50-51,53-55,57-58,60-83H2,1-3H3,(H,95,96)(H,97,98)/b12-9-,19-16-,20-17-,21-18-,28-25-,29-26-,30-27-,34-33-,37-36-,52-49-,59-56-. The number of aliphatic hydroxyl groups is 2. The van der Waals surface area contributed by atoms with Gasteiger partial charge < -0.3 is 34.2 Å². The maximum Gasteiger partial charge on any atom is 0.472 e. The van der Waals surface area contributed by atoms with Gasteiger partial charge >= 0.3 is 33.6 Å². The highest BCUT2D eigenvalue weighted by Gasteiger charge is 2.29. The number of unbranched alkanes of at least 4 members (excludes halogenated alkanes) is 35. The molecule has 0 heterocycles. The Morgan fingerprint density at radius 2 is 0.495 bits per heavy atom. The molecule has 0 aromatic heterocycles. The molecule has 0 aliphatic carbocycles. The topological polar surface area (TPSA) is 231 Å². The van der Waals surface area contributed by atoms with Crippen LogP contribution in [0.4, 0.5) is 0 Å². The van der Waals surface area contributed by atoms with Crippen LogP contribution in [0.3, 0.4) is 0 Å². The minimum absolute atomic E-state index is 0.0711. The average molecular weight is 1540 g/mol. The summed E-state index contributed by atoms with van der Waals surface area (Å²) in [5.41, 5.74) is 0. The van der Waals surface area contributed by atoms with Gasteiger partial charge in [0.25, 0.3) is 0 Å². The van der Waals surface area contributed by atoms with Crippen LogP contribution in [-0.4, -0.2) is 95.9 Å². The Hall–Kier alpha value is -4.31. The summed E-state index contributed by atoms with van der Waals surface area (Å²) in [5, 5.41) is 20.7. The van der Waals surface area contributed by atoms with Gasteiger partial charge in [0.15, 0.2) is 6.10 Å². The molecular weight excluding hydrogens is 1390 g/mol. The molecule has 0 radical (unpaired) electrons. The van der Waals surface area contributed by atoms with E-state index >= 15 is 0 Å². The van der Waals surface area contributed by atoms with Crippen molar-refractivity contribution in [3.8, 4) is 0 Å². The Kier molecular flexibility index (Phi) is 77.9. The first-order chi connectivity index (χ1) is 52.2. The van der Waals surface area contributed by atoms with Gasteiger partial charge in [-0.15, -0.1) is 0 Å². The van der Waals surface area contributed by atoms with Crippen molar-refractivity contribution in [3.05, 3.63) is 134 Å². The zero-order chi connectivity index (χ0) is 78.0. The van der Waals surface area contributed by atoms with Crippen LogP contribution < -0.4 is 0 Å². The number of ether oxygens (including phenoxy) is 3. The fourth-order valence-electron chi connectivity index (χ4n) is 11.4. The van der Waals surface area contributed by atoms with Crippen LogP contribution >= 0.6 is 15.6 Å². The minimum atomic E-state index is -4.94. The fraction of sp³-hybridized carbons (Fsp3) is 0.719. The van der Waals surface area contributed by atoms with Gasteiger partial charge in [-0.1, -0.05) is 328 Å². The van der Waals surface area contributed by atoms with Crippen molar-refractivity contribution in [2.75, 3.05) is 39.6 Å². The molecular formula is C89H154O16P2. The van der Waals surface area contributed by atoms with Gasteiger partial charge in [0.05, 0.1) is 26.4 Å². The van der Waals surface area contributed by atoms with Crippen molar-refractivity contribution < 1.29 is 75.8 Å². The van der Waals surface area contributed by atoms with Crippen molar-refractivity contribution in [1.82, 2.24) is 0 Å². The van der Waals surface area contributed by atoms with Crippen molar-refractivity contribution in [1.29, 1.82) is 0 Å². The molecule has 5 unspecified atom stereocenters. The average Bonchev–Trinajstić information content (AvgIpc) is 0.905. The largest absolute Gasteiger partial charge is 0.472 e. The molecule has 0 rings (SSSR count). The lowest BCUT2D eigenvalue weighted by molar-refractivity contribution is -0.161. The molecule has 16 nitrogen and oxygen atoms in total. The lowest BCUT2D eigenvalue weighted by atomic mass is 10.0. The zero-order valence-corrected chi connectivity index (χ0v) is 69.3. The third-order valence-electron chi connectivity index (χ3n) is 17.8. The number of phosphoric acid groups is 2. The van der Waals surface area contributed by atoms with Gasteiger partial charge in [-0.25, -0.2) is 9.13 Å². The summed E-state index contributed by atoms with van der Waals surface area (Å²) in [6.07, 6.45) is 99.4. The van der Waals surface area contributed by atoms with E-state index < -0.39 is 91.5 Å². The number of rotatable bonds is 80. The molecule has 0 saturated carbocycles. The van der Waals surface area contributed by atoms with Crippen LogP contribution in [-0.2, 0) is 55.8 Å². The lowest BCUT2D eigenvalue weighted by Crippen LogP contribution is -2.30. The second kappa shape index (κ2) is 81.2. The molecule has 0 aliphatic rings. The van der Waals surface area contributed by atoms with Gasteiger partial charge in [0.1, 0.15) is 25.4 Å². The first kappa shape index (κ1) is 103. The second-order valence-electron chi connectivity index (χ2n) is 28.2. The maximum absolute atomic E-state index is 13.0. The van der Waals surface area contributed by atoms with Gasteiger partial charge in [-0.3, -0.25) is 32.5 Å². The summed E-state index contributed by atoms with van der Waals surface area (Å²) in [6, 6.07) is 0. The molecule has 616 valence electrons. The first-order valence-electron chi connectivity index (χ1n) is 42.5. The zero-order valence-electron chi connectivity index (χ0n) is 67.5. The Balaban J connectivity index is 4.44. The highest BCUT2D eigenvalue weighted by Crippen LogP contribution is 2.45. The predicted octanol–water partition coefficient (Wildman–Crippen LogP) is 25.4. The molecule has 0 spiro atoms. The molecule has 5 atom stereocenters. The normalized spacial score (nSPS) is 14.6. The third kappa shape index (κ3) is 82.5. The van der Waals surface area contributed by atoms with Gasteiger partial charge in [-0.2, -0.15) is 0 Å². The summed E-state index contributed by atoms with van der Waals surface area (Å²) >= 11 is 0. The van der Waals surface area contributed by atoms with Crippen LogP contribution in [0.15, 0.2) is 134 Å². The Morgan fingerprint density at radius 3 is 0.785 bits per heavy atom. The van der Waals surface area contributed by atoms with Gasteiger partial charge in [-0.05, 0) is 141 Å². The molecule has 107 heavy (non-hydrogen) atoms. The van der Waals surface area contributed by atoms with E-state index in [4.69, 9.17) is 32.3 Å². The summed E-state index contributed by atoms with van der Waals surface area (Å²) in [7, 11) is -9.81. The number of hydrogen-bond donors (Lipinski definition) is 4. The Bertz CT molecular complexity index is 2480. The molecule has 0 fully saturated rings. The number of esters is 3. The van der Waals surface area contributed by atoms with E-state index in [1.54, 1.807) is 0 Å². The SMILES string of the molecule is CC/C=C\C/C=C\C/C=C\C/C=C\CCCCCCC(=O)OC(COC(=O)CCCCCCCC/C=C\C/C=C\C/C=C\CCCCC)COP(=O)(O)OCC(O)COP(=O)(O)OCC(O)COC(=O)CCCCCCCCCCCCCCCCCCCCC/C=C\C/C=C\C/C=C\C/C=C\CCCCC. The third-order valence-corrected chi connectivity index (χ3v) is 19.7. The summed E-state index contributed by atoms with van der Waals surface area (Å²) in [6.45, 7) is 2.49. The number of aliphatic hydroxyl groups excluding tert-OH is 2. The molecule has 4 N–H and O–H groups in total. The molecule has 18 heteroatoms. The van der Waals surface area contributed by atoms with Crippen molar-refractivity contribution in [2.45, 2.75) is 373 Å². The minimum Gasteiger partial charge on any atom is -0.463 e. The number of phosphoric ester groups is 2. The van der Waals surface area contributed by atoms with Crippen molar-refractivity contribution in [3.63, 3.8) is 0 Å². The quantitative estimate of drug-likeness (QED) is 0.0146. The highest BCUT2D eigenvalue weighted by atomic mass is 31.2. The van der Waals surface area contributed by atoms with Crippen LogP contribution in [0.5, 0.6) is 0 Å². The van der Waals surface area contributed by atoms with E-state index in [1.165, 1.54) is 148 Å². The van der Waals surface area contributed by atoms with Crippen LogP contribution in [0.2, 0.25) is 0 Å². The second-order valence-corrected chi connectivity index (χ2v) is 31.2. The number of carbonyl (C=O) groups is 3. The van der Waals surface area contributed by atoms with E-state index in [0.29, 0.717) is 19.3 Å².